The average Bonchev–Trinajstić information content (AvgIpc) is 2.66. The zero-order chi connectivity index (χ0) is 19.7. The van der Waals surface area contributed by atoms with Crippen LogP contribution >= 0.6 is 11.8 Å². The van der Waals surface area contributed by atoms with E-state index in [1.807, 2.05) is 36.4 Å². The fraction of sp³-hybridized carbons (Fsp3) is 0.167. The van der Waals surface area contributed by atoms with Gasteiger partial charge < -0.3 is 0 Å². The van der Waals surface area contributed by atoms with Crippen molar-refractivity contribution in [2.24, 2.45) is 0 Å². The molecular weight excluding hydrogens is 364 g/mol. The first-order valence-electron chi connectivity index (χ1n) is 9.30. The molecule has 0 N–H and O–H groups in total. The van der Waals surface area contributed by atoms with E-state index >= 15 is 0 Å². The fourth-order valence-electron chi connectivity index (χ4n) is 3.47. The Kier molecular flexibility index (Phi) is 5.05. The van der Waals surface area contributed by atoms with Gasteiger partial charge in [0, 0.05) is 5.75 Å². The van der Waals surface area contributed by atoms with Crippen molar-refractivity contribution in [2.75, 3.05) is 0 Å². The number of fused-ring (bicyclic) bond motifs is 1. The molecule has 0 aliphatic heterocycles. The highest BCUT2D eigenvalue weighted by Gasteiger charge is 2.14. The number of hydrogen-bond donors (Lipinski definition) is 0. The lowest BCUT2D eigenvalue weighted by Crippen LogP contribution is -2.22. The summed E-state index contributed by atoms with van der Waals surface area (Å²) in [5.41, 5.74) is 6.29. The van der Waals surface area contributed by atoms with Gasteiger partial charge in [-0.05, 0) is 61.7 Å². The van der Waals surface area contributed by atoms with E-state index in [0.717, 1.165) is 33.2 Å². The number of benzene rings is 3. The summed E-state index contributed by atoms with van der Waals surface area (Å²) in [6.45, 7) is 6.19. The molecule has 1 heterocycles. The SMILES string of the molecule is Cc1cccc(CSc2nc3ccccc3c(=O)n2-c2cc(C)cc(C)c2)c1. The molecule has 28 heavy (non-hydrogen) atoms. The number of hydrogen-bond acceptors (Lipinski definition) is 3. The van der Waals surface area contributed by atoms with Crippen molar-refractivity contribution in [3.05, 3.63) is 99.3 Å². The Hall–Kier alpha value is -2.85. The van der Waals surface area contributed by atoms with Crippen LogP contribution in [0.2, 0.25) is 0 Å². The summed E-state index contributed by atoms with van der Waals surface area (Å²) in [7, 11) is 0. The third-order valence-corrected chi connectivity index (χ3v) is 5.67. The van der Waals surface area contributed by atoms with Crippen molar-refractivity contribution in [1.82, 2.24) is 9.55 Å². The van der Waals surface area contributed by atoms with E-state index in [-0.39, 0.29) is 5.56 Å². The van der Waals surface area contributed by atoms with Crippen molar-refractivity contribution >= 4 is 22.7 Å². The number of aryl methyl sites for hydroxylation is 3. The van der Waals surface area contributed by atoms with Gasteiger partial charge in [0.15, 0.2) is 5.16 Å². The monoisotopic (exact) mass is 386 g/mol. The van der Waals surface area contributed by atoms with E-state index in [1.54, 1.807) is 16.3 Å². The number of thioether (sulfide) groups is 1. The molecular formula is C24H22N2OS. The van der Waals surface area contributed by atoms with E-state index in [9.17, 15) is 4.79 Å². The van der Waals surface area contributed by atoms with Crippen LogP contribution in [0.5, 0.6) is 0 Å². The van der Waals surface area contributed by atoms with Gasteiger partial charge in [0.1, 0.15) is 0 Å². The lowest BCUT2D eigenvalue weighted by molar-refractivity contribution is 0.818. The third kappa shape index (κ3) is 3.73. The molecule has 3 aromatic carbocycles. The van der Waals surface area contributed by atoms with Crippen LogP contribution in [-0.2, 0) is 5.75 Å². The standard InChI is InChI=1S/C24H22N2OS/c1-16-7-6-8-19(12-16)15-28-24-25-22-10-5-4-9-21(22)23(27)26(24)20-13-17(2)11-18(3)14-20/h4-14H,15H2,1-3H3. The largest absolute Gasteiger partial charge is 0.268 e. The predicted octanol–water partition coefficient (Wildman–Crippen LogP) is 5.60. The molecule has 1 aromatic heterocycles. The Morgan fingerprint density at radius 2 is 1.61 bits per heavy atom. The normalized spacial score (nSPS) is 11.1. The minimum absolute atomic E-state index is 0.0256. The maximum atomic E-state index is 13.3. The molecule has 0 saturated heterocycles. The summed E-state index contributed by atoms with van der Waals surface area (Å²) in [6.07, 6.45) is 0. The van der Waals surface area contributed by atoms with Gasteiger partial charge in [0.25, 0.3) is 5.56 Å². The molecule has 0 saturated carbocycles. The summed E-state index contributed by atoms with van der Waals surface area (Å²) >= 11 is 1.60. The second-order valence-electron chi connectivity index (χ2n) is 7.18. The van der Waals surface area contributed by atoms with Gasteiger partial charge in [0.05, 0.1) is 16.6 Å². The lowest BCUT2D eigenvalue weighted by atomic mass is 10.1. The maximum Gasteiger partial charge on any atom is 0.266 e. The van der Waals surface area contributed by atoms with Crippen molar-refractivity contribution in [1.29, 1.82) is 0 Å². The van der Waals surface area contributed by atoms with Crippen molar-refractivity contribution in [2.45, 2.75) is 31.7 Å². The Morgan fingerprint density at radius 3 is 2.36 bits per heavy atom. The van der Waals surface area contributed by atoms with Gasteiger partial charge in [-0.15, -0.1) is 0 Å². The van der Waals surface area contributed by atoms with Crippen LogP contribution in [0.25, 0.3) is 16.6 Å². The predicted molar refractivity (Wildman–Crippen MR) is 118 cm³/mol. The van der Waals surface area contributed by atoms with Crippen LogP contribution in [0.1, 0.15) is 22.3 Å². The second kappa shape index (κ2) is 7.64. The van der Waals surface area contributed by atoms with E-state index < -0.39 is 0 Å². The van der Waals surface area contributed by atoms with Crippen molar-refractivity contribution < 1.29 is 0 Å². The van der Waals surface area contributed by atoms with Crippen LogP contribution in [0.15, 0.2) is 76.7 Å². The van der Waals surface area contributed by atoms with Crippen LogP contribution < -0.4 is 5.56 Å². The summed E-state index contributed by atoms with van der Waals surface area (Å²) < 4.78 is 1.75. The van der Waals surface area contributed by atoms with Gasteiger partial charge >= 0.3 is 0 Å². The molecule has 0 bridgehead atoms. The lowest BCUT2D eigenvalue weighted by Gasteiger charge is -2.14. The van der Waals surface area contributed by atoms with E-state index in [2.05, 4.69) is 51.1 Å². The molecule has 4 heteroatoms. The van der Waals surface area contributed by atoms with Crippen LogP contribution in [0.4, 0.5) is 0 Å². The van der Waals surface area contributed by atoms with Gasteiger partial charge in [-0.3, -0.25) is 9.36 Å². The highest BCUT2D eigenvalue weighted by Crippen LogP contribution is 2.25. The quantitative estimate of drug-likeness (QED) is 0.338. The first-order valence-corrected chi connectivity index (χ1v) is 10.3. The van der Waals surface area contributed by atoms with Crippen LogP contribution in [0.3, 0.4) is 0 Å². The minimum atomic E-state index is -0.0256. The Bertz CT molecular complexity index is 1210. The van der Waals surface area contributed by atoms with Gasteiger partial charge in [-0.2, -0.15) is 0 Å². The zero-order valence-electron chi connectivity index (χ0n) is 16.3. The van der Waals surface area contributed by atoms with Gasteiger partial charge in [-0.1, -0.05) is 59.8 Å². The molecule has 0 aliphatic rings. The fourth-order valence-corrected chi connectivity index (χ4v) is 4.42. The highest BCUT2D eigenvalue weighted by atomic mass is 32.2. The van der Waals surface area contributed by atoms with E-state index in [1.165, 1.54) is 11.1 Å². The molecule has 4 aromatic rings. The van der Waals surface area contributed by atoms with Gasteiger partial charge in [-0.25, -0.2) is 4.98 Å². The first kappa shape index (κ1) is 18.5. The molecule has 140 valence electrons. The Balaban J connectivity index is 1.87. The molecule has 0 aliphatic carbocycles. The summed E-state index contributed by atoms with van der Waals surface area (Å²) in [4.78, 5) is 18.2. The van der Waals surface area contributed by atoms with Crippen molar-refractivity contribution in [3.63, 3.8) is 0 Å². The average molecular weight is 387 g/mol. The number of para-hydroxylation sites is 1. The number of nitrogens with zero attached hydrogens (tertiary/aromatic N) is 2. The summed E-state index contributed by atoms with van der Waals surface area (Å²) in [6, 6.07) is 22.2. The second-order valence-corrected chi connectivity index (χ2v) is 8.12. The maximum absolute atomic E-state index is 13.3. The zero-order valence-corrected chi connectivity index (χ0v) is 17.1. The molecule has 3 nitrogen and oxygen atoms in total. The molecule has 0 amide bonds. The molecule has 0 atom stereocenters. The van der Waals surface area contributed by atoms with Crippen molar-refractivity contribution in [3.8, 4) is 5.69 Å². The van der Waals surface area contributed by atoms with E-state index in [0.29, 0.717) is 5.39 Å². The Morgan fingerprint density at radius 1 is 0.857 bits per heavy atom. The van der Waals surface area contributed by atoms with Crippen LogP contribution in [-0.4, -0.2) is 9.55 Å². The summed E-state index contributed by atoms with van der Waals surface area (Å²) in [5, 5.41) is 1.36. The highest BCUT2D eigenvalue weighted by molar-refractivity contribution is 7.98. The molecule has 0 unspecified atom stereocenters. The number of aromatic nitrogens is 2. The van der Waals surface area contributed by atoms with E-state index in [4.69, 9.17) is 4.98 Å². The topological polar surface area (TPSA) is 34.9 Å². The molecule has 0 spiro atoms. The van der Waals surface area contributed by atoms with Gasteiger partial charge in [0.2, 0.25) is 0 Å². The first-order chi connectivity index (χ1) is 13.5. The summed E-state index contributed by atoms with van der Waals surface area (Å²) in [5.74, 6) is 0.761. The molecule has 0 fully saturated rings. The Labute approximate surface area is 169 Å². The number of rotatable bonds is 4. The molecule has 0 radical (unpaired) electrons. The van der Waals surface area contributed by atoms with Crippen LogP contribution in [0, 0.1) is 20.8 Å². The minimum Gasteiger partial charge on any atom is -0.268 e. The smallest absolute Gasteiger partial charge is 0.266 e. The third-order valence-electron chi connectivity index (χ3n) is 4.66. The molecule has 4 rings (SSSR count).